The Morgan fingerprint density at radius 2 is 1.88 bits per heavy atom. The first-order valence-corrected chi connectivity index (χ1v) is 16.0. The summed E-state index contributed by atoms with van der Waals surface area (Å²) in [6, 6.07) is 5.99. The summed E-state index contributed by atoms with van der Waals surface area (Å²) in [6.07, 6.45) is 10.5. The number of nitrogens with zero attached hydrogens (tertiary/aromatic N) is 2. The summed E-state index contributed by atoms with van der Waals surface area (Å²) in [7, 11) is 1.66. The lowest BCUT2D eigenvalue weighted by Crippen LogP contribution is -2.64. The second-order valence-corrected chi connectivity index (χ2v) is 13.0. The SMILES string of the molecule is COc1ccc2[nH]c3c(c2c1)CCN1C(=O)C(CC(=O)NC/C=C(\C)CCC=C(C)C)C[C@H](C(=O)N2CCCCC2)[C@@]31C. The molecule has 0 aliphatic carbocycles. The highest BCUT2D eigenvalue weighted by atomic mass is 16.5. The molecule has 0 bridgehead atoms. The summed E-state index contributed by atoms with van der Waals surface area (Å²) < 4.78 is 5.51. The molecule has 2 saturated heterocycles. The van der Waals surface area contributed by atoms with Crippen molar-refractivity contribution in [3.8, 4) is 5.75 Å². The Bertz CT molecular complexity index is 1430. The molecule has 3 aliphatic heterocycles. The maximum atomic E-state index is 14.3. The van der Waals surface area contributed by atoms with Crippen LogP contribution in [0, 0.1) is 11.8 Å². The number of H-pyrrole nitrogens is 1. The fraction of sp³-hybridized carbons (Fsp3) is 0.571. The third-order valence-electron chi connectivity index (χ3n) is 9.82. The van der Waals surface area contributed by atoms with Gasteiger partial charge in [0.1, 0.15) is 5.75 Å². The Hall–Kier alpha value is -3.55. The number of rotatable bonds is 9. The number of aromatic nitrogens is 1. The van der Waals surface area contributed by atoms with Gasteiger partial charge in [-0.2, -0.15) is 0 Å². The molecule has 0 saturated carbocycles. The predicted molar refractivity (Wildman–Crippen MR) is 170 cm³/mol. The molecule has 232 valence electrons. The van der Waals surface area contributed by atoms with Crippen molar-refractivity contribution in [1.82, 2.24) is 20.1 Å². The number of aromatic amines is 1. The van der Waals surface area contributed by atoms with Gasteiger partial charge in [-0.15, -0.1) is 0 Å². The molecule has 5 rings (SSSR count). The second-order valence-electron chi connectivity index (χ2n) is 13.0. The van der Waals surface area contributed by atoms with Crippen LogP contribution < -0.4 is 10.1 Å². The van der Waals surface area contributed by atoms with Gasteiger partial charge < -0.3 is 24.8 Å². The molecule has 1 aromatic carbocycles. The molecular formula is C35H48N4O4. The van der Waals surface area contributed by atoms with E-state index < -0.39 is 17.4 Å². The number of methoxy groups -OCH3 is 1. The van der Waals surface area contributed by atoms with E-state index in [0.29, 0.717) is 25.9 Å². The van der Waals surface area contributed by atoms with E-state index in [1.165, 1.54) is 11.1 Å². The lowest BCUT2D eigenvalue weighted by atomic mass is 9.67. The van der Waals surface area contributed by atoms with Crippen molar-refractivity contribution in [2.45, 2.75) is 84.6 Å². The third-order valence-corrected chi connectivity index (χ3v) is 9.82. The number of ether oxygens (including phenoxy) is 1. The summed E-state index contributed by atoms with van der Waals surface area (Å²) in [5, 5.41) is 4.08. The molecule has 8 heteroatoms. The van der Waals surface area contributed by atoms with Gasteiger partial charge in [0.15, 0.2) is 0 Å². The monoisotopic (exact) mass is 588 g/mol. The summed E-state index contributed by atoms with van der Waals surface area (Å²) in [5.41, 5.74) is 4.80. The molecule has 2 N–H and O–H groups in total. The molecule has 0 spiro atoms. The summed E-state index contributed by atoms with van der Waals surface area (Å²) in [5.74, 6) is -0.255. The average Bonchev–Trinajstić information content (AvgIpc) is 3.37. The highest BCUT2D eigenvalue weighted by Gasteiger charge is 2.57. The lowest BCUT2D eigenvalue weighted by molar-refractivity contribution is -0.164. The van der Waals surface area contributed by atoms with Crippen LogP contribution in [0.1, 0.15) is 83.9 Å². The zero-order valence-electron chi connectivity index (χ0n) is 26.6. The van der Waals surface area contributed by atoms with Crippen LogP contribution in [0.4, 0.5) is 0 Å². The van der Waals surface area contributed by atoms with Crippen LogP contribution in [-0.2, 0) is 26.3 Å². The molecule has 4 heterocycles. The standard InChI is InChI=1S/C35H48N4O4/c1-23(2)10-9-11-24(3)14-16-36-31(40)21-25-20-29(34(42)38-17-7-6-8-18-38)35(4)32-27(15-19-39(35)33(25)41)28-22-26(43-5)12-13-30(28)37-32/h10,12-14,22,25,29,37H,6-9,11,15-21H2,1-5H3,(H,36,40)/b24-14+/t25?,29-,35+/m1/s1. The first-order chi connectivity index (χ1) is 20.6. The van der Waals surface area contributed by atoms with Gasteiger partial charge in [0, 0.05) is 55.1 Å². The first-order valence-electron chi connectivity index (χ1n) is 16.0. The smallest absolute Gasteiger partial charge is 0.228 e. The molecule has 2 fully saturated rings. The number of benzene rings is 1. The van der Waals surface area contributed by atoms with Gasteiger partial charge in [-0.1, -0.05) is 23.3 Å². The average molecular weight is 589 g/mol. The maximum absolute atomic E-state index is 14.3. The van der Waals surface area contributed by atoms with Gasteiger partial charge in [-0.05, 0) is 96.4 Å². The summed E-state index contributed by atoms with van der Waals surface area (Å²) in [6.45, 7) is 10.8. The Balaban J connectivity index is 1.39. The highest BCUT2D eigenvalue weighted by molar-refractivity contribution is 5.93. The van der Waals surface area contributed by atoms with Crippen LogP contribution >= 0.6 is 0 Å². The number of amides is 3. The quantitative estimate of drug-likeness (QED) is 0.372. The number of nitrogens with one attached hydrogen (secondary N) is 2. The van der Waals surface area contributed by atoms with Crippen molar-refractivity contribution in [3.05, 3.63) is 52.8 Å². The largest absolute Gasteiger partial charge is 0.497 e. The molecular weight excluding hydrogens is 540 g/mol. The van der Waals surface area contributed by atoms with Crippen LogP contribution in [0.3, 0.4) is 0 Å². The Morgan fingerprint density at radius 3 is 2.60 bits per heavy atom. The molecule has 3 amide bonds. The minimum Gasteiger partial charge on any atom is -0.497 e. The second kappa shape index (κ2) is 13.0. The maximum Gasteiger partial charge on any atom is 0.228 e. The number of hydrogen-bond donors (Lipinski definition) is 2. The lowest BCUT2D eigenvalue weighted by Gasteiger charge is -2.54. The van der Waals surface area contributed by atoms with E-state index in [-0.39, 0.29) is 24.1 Å². The van der Waals surface area contributed by atoms with Gasteiger partial charge in [-0.3, -0.25) is 14.4 Å². The van der Waals surface area contributed by atoms with Crippen LogP contribution in [0.5, 0.6) is 5.75 Å². The Kier molecular flexibility index (Phi) is 9.33. The molecule has 3 aliphatic rings. The highest BCUT2D eigenvalue weighted by Crippen LogP contribution is 2.50. The van der Waals surface area contributed by atoms with Gasteiger partial charge in [0.05, 0.1) is 18.6 Å². The third kappa shape index (κ3) is 6.24. The molecule has 1 aromatic heterocycles. The molecule has 2 aromatic rings. The zero-order valence-corrected chi connectivity index (χ0v) is 26.6. The molecule has 43 heavy (non-hydrogen) atoms. The number of piperidine rings is 2. The minimum absolute atomic E-state index is 0.0318. The number of hydrogen-bond acceptors (Lipinski definition) is 4. The number of allylic oxidation sites excluding steroid dienone is 3. The molecule has 8 nitrogen and oxygen atoms in total. The minimum atomic E-state index is -0.816. The van der Waals surface area contributed by atoms with E-state index in [4.69, 9.17) is 4.74 Å². The van der Waals surface area contributed by atoms with Crippen molar-refractivity contribution < 1.29 is 19.1 Å². The topological polar surface area (TPSA) is 94.7 Å². The van der Waals surface area contributed by atoms with Crippen molar-refractivity contribution in [2.24, 2.45) is 11.8 Å². The molecule has 1 unspecified atom stereocenters. The fourth-order valence-corrected chi connectivity index (χ4v) is 7.35. The zero-order chi connectivity index (χ0) is 30.7. The predicted octanol–water partition coefficient (Wildman–Crippen LogP) is 5.62. The summed E-state index contributed by atoms with van der Waals surface area (Å²) >= 11 is 0. The number of likely N-dealkylation sites (tertiary alicyclic amines) is 1. The van der Waals surface area contributed by atoms with Crippen molar-refractivity contribution >= 4 is 28.6 Å². The number of carbonyl (C=O) groups excluding carboxylic acids is 3. The van der Waals surface area contributed by atoms with Gasteiger partial charge in [0.25, 0.3) is 0 Å². The van der Waals surface area contributed by atoms with Crippen molar-refractivity contribution in [2.75, 3.05) is 33.3 Å². The van der Waals surface area contributed by atoms with E-state index in [1.807, 2.05) is 28.0 Å². The van der Waals surface area contributed by atoms with E-state index in [1.54, 1.807) is 7.11 Å². The summed E-state index contributed by atoms with van der Waals surface area (Å²) in [4.78, 5) is 49.0. The van der Waals surface area contributed by atoms with Crippen molar-refractivity contribution in [3.63, 3.8) is 0 Å². The number of carbonyl (C=O) groups is 3. The van der Waals surface area contributed by atoms with Gasteiger partial charge in [0.2, 0.25) is 17.7 Å². The van der Waals surface area contributed by atoms with Crippen LogP contribution in [0.2, 0.25) is 0 Å². The molecule has 3 atom stereocenters. The van der Waals surface area contributed by atoms with E-state index >= 15 is 0 Å². The van der Waals surface area contributed by atoms with E-state index in [2.05, 4.69) is 50.1 Å². The first kappa shape index (κ1) is 30.9. The van der Waals surface area contributed by atoms with Crippen LogP contribution in [0.25, 0.3) is 10.9 Å². The Labute approximate surface area is 255 Å². The van der Waals surface area contributed by atoms with E-state index in [0.717, 1.165) is 73.1 Å². The Morgan fingerprint density at radius 1 is 1.12 bits per heavy atom. The fourth-order valence-electron chi connectivity index (χ4n) is 7.35. The normalized spacial score (nSPS) is 23.9. The van der Waals surface area contributed by atoms with Gasteiger partial charge in [-0.25, -0.2) is 0 Å². The van der Waals surface area contributed by atoms with Crippen LogP contribution in [0.15, 0.2) is 41.5 Å². The van der Waals surface area contributed by atoms with Gasteiger partial charge >= 0.3 is 0 Å². The number of fused-ring (bicyclic) bond motifs is 5. The molecule has 0 radical (unpaired) electrons. The van der Waals surface area contributed by atoms with Crippen molar-refractivity contribution in [1.29, 1.82) is 0 Å². The van der Waals surface area contributed by atoms with Crippen LogP contribution in [-0.4, -0.2) is 65.8 Å². The van der Waals surface area contributed by atoms with E-state index in [9.17, 15) is 14.4 Å².